The third-order valence-corrected chi connectivity index (χ3v) is 1.81. The van der Waals surface area contributed by atoms with Crippen molar-refractivity contribution >= 4 is 0 Å². The van der Waals surface area contributed by atoms with Gasteiger partial charge in [0.25, 0.3) is 0 Å². The number of phenolic OH excluding ortho intramolecular Hbond substituents is 1. The van der Waals surface area contributed by atoms with E-state index in [9.17, 15) is 8.78 Å². The van der Waals surface area contributed by atoms with Crippen LogP contribution in [0.2, 0.25) is 0 Å². The van der Waals surface area contributed by atoms with Crippen molar-refractivity contribution in [3.63, 3.8) is 0 Å². The van der Waals surface area contributed by atoms with Gasteiger partial charge in [0.1, 0.15) is 11.6 Å². The summed E-state index contributed by atoms with van der Waals surface area (Å²) in [6.07, 6.45) is 0. The monoisotopic (exact) mass is 188 g/mol. The van der Waals surface area contributed by atoms with Crippen LogP contribution in [0, 0.1) is 5.82 Å². The largest absolute Gasteiger partial charge is 0.508 e. The summed E-state index contributed by atoms with van der Waals surface area (Å²) in [5.41, 5.74) is -2.37. The Hall–Kier alpha value is -1.16. The van der Waals surface area contributed by atoms with Crippen LogP contribution in [-0.2, 0) is 5.67 Å². The number of rotatable bonds is 2. The van der Waals surface area contributed by atoms with E-state index in [1.807, 2.05) is 0 Å². The number of benzene rings is 1. The van der Waals surface area contributed by atoms with Crippen LogP contribution in [0.4, 0.5) is 8.78 Å². The van der Waals surface area contributed by atoms with Gasteiger partial charge in [0.15, 0.2) is 5.67 Å². The Morgan fingerprint density at radius 1 is 1.46 bits per heavy atom. The highest BCUT2D eigenvalue weighted by Crippen LogP contribution is 2.28. The second kappa shape index (κ2) is 3.30. The first kappa shape index (κ1) is 9.92. The fourth-order valence-electron chi connectivity index (χ4n) is 1.01. The molecule has 0 heterocycles. The van der Waals surface area contributed by atoms with Crippen LogP contribution in [0.3, 0.4) is 0 Å². The molecule has 0 fully saturated rings. The van der Waals surface area contributed by atoms with Crippen LogP contribution in [0.25, 0.3) is 0 Å². The molecule has 0 saturated carbocycles. The fourth-order valence-corrected chi connectivity index (χ4v) is 1.01. The summed E-state index contributed by atoms with van der Waals surface area (Å²) in [6, 6.07) is 3.09. The van der Waals surface area contributed by atoms with E-state index in [0.29, 0.717) is 0 Å². The maximum absolute atomic E-state index is 13.4. The van der Waals surface area contributed by atoms with E-state index >= 15 is 0 Å². The fraction of sp³-hybridized carbons (Fsp3) is 0.333. The molecule has 13 heavy (non-hydrogen) atoms. The number of phenols is 1. The van der Waals surface area contributed by atoms with Crippen LogP contribution < -0.4 is 0 Å². The first-order valence-corrected chi connectivity index (χ1v) is 3.76. The number of aliphatic hydroxyl groups excluding tert-OH is 1. The summed E-state index contributed by atoms with van der Waals surface area (Å²) in [5.74, 6) is -1.13. The highest BCUT2D eigenvalue weighted by atomic mass is 19.1. The Morgan fingerprint density at radius 2 is 2.08 bits per heavy atom. The van der Waals surface area contributed by atoms with Crippen LogP contribution in [-0.4, -0.2) is 16.8 Å². The Balaban J connectivity index is 3.16. The van der Waals surface area contributed by atoms with E-state index in [0.717, 1.165) is 19.1 Å². The molecule has 2 N–H and O–H groups in total. The second-order valence-electron chi connectivity index (χ2n) is 3.02. The molecule has 2 nitrogen and oxygen atoms in total. The SMILES string of the molecule is CC(F)(CO)c1ccc(O)cc1F. The van der Waals surface area contributed by atoms with Gasteiger partial charge in [-0.3, -0.25) is 0 Å². The molecular weight excluding hydrogens is 178 g/mol. The van der Waals surface area contributed by atoms with E-state index < -0.39 is 18.1 Å². The predicted octanol–water partition coefficient (Wildman–Crippen LogP) is 1.71. The Bertz CT molecular complexity index is 310. The maximum atomic E-state index is 13.4. The Kier molecular flexibility index (Phi) is 2.52. The molecule has 0 spiro atoms. The molecule has 0 bridgehead atoms. The molecule has 4 heteroatoms. The summed E-state index contributed by atoms with van der Waals surface area (Å²) in [5, 5.41) is 17.5. The first-order valence-electron chi connectivity index (χ1n) is 3.76. The molecular formula is C9H10F2O2. The van der Waals surface area contributed by atoms with Crippen molar-refractivity contribution in [1.29, 1.82) is 0 Å². The Morgan fingerprint density at radius 3 is 2.54 bits per heavy atom. The summed E-state index contributed by atoms with van der Waals surface area (Å²) in [7, 11) is 0. The lowest BCUT2D eigenvalue weighted by molar-refractivity contribution is 0.0832. The molecule has 0 radical (unpaired) electrons. The second-order valence-corrected chi connectivity index (χ2v) is 3.02. The van der Waals surface area contributed by atoms with Crippen molar-refractivity contribution in [3.05, 3.63) is 29.6 Å². The zero-order valence-corrected chi connectivity index (χ0v) is 7.09. The highest BCUT2D eigenvalue weighted by molar-refractivity contribution is 5.31. The summed E-state index contributed by atoms with van der Waals surface area (Å²) in [4.78, 5) is 0. The molecule has 0 aromatic heterocycles. The van der Waals surface area contributed by atoms with Crippen molar-refractivity contribution in [2.75, 3.05) is 6.61 Å². The van der Waals surface area contributed by atoms with Gasteiger partial charge < -0.3 is 10.2 Å². The number of halogens is 2. The Labute approximate surface area is 74.4 Å². The minimum absolute atomic E-state index is 0.257. The van der Waals surface area contributed by atoms with E-state index in [-0.39, 0.29) is 11.3 Å². The summed E-state index contributed by atoms with van der Waals surface area (Å²) in [6.45, 7) is 0.275. The number of alkyl halides is 1. The van der Waals surface area contributed by atoms with Gasteiger partial charge >= 0.3 is 0 Å². The average molecular weight is 188 g/mol. The molecule has 72 valence electrons. The standard InChI is InChI=1S/C9H10F2O2/c1-9(11,5-12)7-3-2-6(13)4-8(7)10/h2-4,12-13H,5H2,1H3. The highest BCUT2D eigenvalue weighted by Gasteiger charge is 2.28. The molecule has 1 rings (SSSR count). The van der Waals surface area contributed by atoms with Gasteiger partial charge in [0.2, 0.25) is 0 Å². The topological polar surface area (TPSA) is 40.5 Å². The molecule has 0 aliphatic heterocycles. The van der Waals surface area contributed by atoms with Gasteiger partial charge in [-0.25, -0.2) is 8.78 Å². The lowest BCUT2D eigenvalue weighted by Gasteiger charge is -2.18. The van der Waals surface area contributed by atoms with Crippen LogP contribution in [0.5, 0.6) is 5.75 Å². The van der Waals surface area contributed by atoms with Crippen molar-refractivity contribution in [2.24, 2.45) is 0 Å². The van der Waals surface area contributed by atoms with E-state index in [2.05, 4.69) is 0 Å². The van der Waals surface area contributed by atoms with E-state index in [1.54, 1.807) is 0 Å². The lowest BCUT2D eigenvalue weighted by Crippen LogP contribution is -2.21. The minimum atomic E-state index is -2.11. The number of aliphatic hydroxyl groups is 1. The van der Waals surface area contributed by atoms with Gasteiger partial charge in [0.05, 0.1) is 6.61 Å². The van der Waals surface area contributed by atoms with E-state index in [1.165, 1.54) is 6.07 Å². The average Bonchev–Trinajstić information content (AvgIpc) is 2.03. The lowest BCUT2D eigenvalue weighted by atomic mass is 9.98. The molecule has 1 aromatic rings. The smallest absolute Gasteiger partial charge is 0.158 e. The molecule has 1 unspecified atom stereocenters. The van der Waals surface area contributed by atoms with Gasteiger partial charge in [-0.1, -0.05) is 0 Å². The van der Waals surface area contributed by atoms with Crippen LogP contribution in [0.15, 0.2) is 18.2 Å². The molecule has 1 atom stereocenters. The van der Waals surface area contributed by atoms with Crippen molar-refractivity contribution in [3.8, 4) is 5.75 Å². The van der Waals surface area contributed by atoms with Gasteiger partial charge in [0, 0.05) is 11.6 Å². The third-order valence-electron chi connectivity index (χ3n) is 1.81. The third kappa shape index (κ3) is 1.95. The molecule has 0 aliphatic carbocycles. The van der Waals surface area contributed by atoms with Gasteiger partial charge in [-0.15, -0.1) is 0 Å². The quantitative estimate of drug-likeness (QED) is 0.741. The maximum Gasteiger partial charge on any atom is 0.158 e. The number of hydrogen-bond acceptors (Lipinski definition) is 2. The van der Waals surface area contributed by atoms with E-state index in [4.69, 9.17) is 10.2 Å². The summed E-state index contributed by atoms with van der Waals surface area (Å²) < 4.78 is 26.4. The number of hydrogen-bond donors (Lipinski definition) is 2. The minimum Gasteiger partial charge on any atom is -0.508 e. The molecule has 0 saturated heterocycles. The zero-order chi connectivity index (χ0) is 10.1. The van der Waals surface area contributed by atoms with Crippen LogP contribution in [0.1, 0.15) is 12.5 Å². The zero-order valence-electron chi connectivity index (χ0n) is 7.09. The van der Waals surface area contributed by atoms with Crippen molar-refractivity contribution in [1.82, 2.24) is 0 Å². The van der Waals surface area contributed by atoms with Gasteiger partial charge in [-0.05, 0) is 19.1 Å². The van der Waals surface area contributed by atoms with Crippen molar-refractivity contribution < 1.29 is 19.0 Å². The summed E-state index contributed by atoms with van der Waals surface area (Å²) >= 11 is 0. The predicted molar refractivity (Wildman–Crippen MR) is 43.6 cm³/mol. The normalized spacial score (nSPS) is 15.4. The molecule has 1 aromatic carbocycles. The molecule has 0 aliphatic rings. The molecule has 0 amide bonds. The van der Waals surface area contributed by atoms with Crippen LogP contribution >= 0.6 is 0 Å². The first-order chi connectivity index (χ1) is 5.97. The number of aromatic hydroxyl groups is 1. The van der Waals surface area contributed by atoms with Crippen molar-refractivity contribution in [2.45, 2.75) is 12.6 Å². The van der Waals surface area contributed by atoms with Gasteiger partial charge in [-0.2, -0.15) is 0 Å².